The summed E-state index contributed by atoms with van der Waals surface area (Å²) in [4.78, 5) is 36.1. The molecule has 7 heteroatoms. The molecule has 1 aliphatic rings. The number of nitrogens with zero attached hydrogens (tertiary/aromatic N) is 2. The van der Waals surface area contributed by atoms with Gasteiger partial charge < -0.3 is 9.64 Å². The first kappa shape index (κ1) is 15.0. The lowest BCUT2D eigenvalue weighted by molar-refractivity contribution is -0.383. The molecular weight excluding hydrogens is 300 g/mol. The Bertz CT molecular complexity index is 817. The van der Waals surface area contributed by atoms with Crippen LogP contribution in [0.1, 0.15) is 6.42 Å². The van der Waals surface area contributed by atoms with Gasteiger partial charge in [-0.1, -0.05) is 18.2 Å². The molecule has 0 aromatic heterocycles. The normalized spacial score (nSPS) is 17.5. The number of anilines is 1. The van der Waals surface area contributed by atoms with Crippen molar-refractivity contribution in [3.63, 3.8) is 0 Å². The number of nitro groups is 1. The fourth-order valence-corrected chi connectivity index (χ4v) is 2.93. The zero-order chi connectivity index (χ0) is 16.6. The van der Waals surface area contributed by atoms with Gasteiger partial charge in [0.2, 0.25) is 5.91 Å². The molecule has 0 aliphatic carbocycles. The number of carbonyl (C=O) groups is 2. The van der Waals surface area contributed by atoms with Crippen LogP contribution in [0, 0.1) is 16.0 Å². The molecule has 1 saturated heterocycles. The molecule has 2 aromatic carbocycles. The number of non-ortho nitro benzene ring substituents is 1. The van der Waals surface area contributed by atoms with E-state index in [4.69, 9.17) is 4.74 Å². The van der Waals surface area contributed by atoms with Gasteiger partial charge in [-0.25, -0.2) is 0 Å². The lowest BCUT2D eigenvalue weighted by Crippen LogP contribution is -2.26. The fraction of sp³-hybridized carbons (Fsp3) is 0.250. The largest absolute Gasteiger partial charge is 0.469 e. The molecule has 1 fully saturated rings. The third-order valence-corrected chi connectivity index (χ3v) is 4.03. The number of hydrogen-bond donors (Lipinski definition) is 0. The number of fused-ring (bicyclic) bond motifs is 1. The summed E-state index contributed by atoms with van der Waals surface area (Å²) in [6, 6.07) is 9.79. The lowest BCUT2D eigenvalue weighted by atomic mass is 10.1. The van der Waals surface area contributed by atoms with Gasteiger partial charge >= 0.3 is 5.97 Å². The van der Waals surface area contributed by atoms with Crippen molar-refractivity contribution in [1.82, 2.24) is 0 Å². The highest BCUT2D eigenvalue weighted by molar-refractivity contribution is 6.08. The van der Waals surface area contributed by atoms with Crippen LogP contribution in [0.25, 0.3) is 10.8 Å². The molecule has 3 rings (SSSR count). The highest BCUT2D eigenvalue weighted by atomic mass is 16.6. The van der Waals surface area contributed by atoms with E-state index in [1.165, 1.54) is 18.1 Å². The minimum absolute atomic E-state index is 0.0134. The molecule has 0 bridgehead atoms. The van der Waals surface area contributed by atoms with Gasteiger partial charge in [-0.3, -0.25) is 19.7 Å². The third kappa shape index (κ3) is 2.50. The van der Waals surface area contributed by atoms with Crippen LogP contribution in [-0.2, 0) is 14.3 Å². The van der Waals surface area contributed by atoms with E-state index in [2.05, 4.69) is 0 Å². The number of amides is 1. The monoisotopic (exact) mass is 314 g/mol. The number of hydrogen-bond acceptors (Lipinski definition) is 5. The maximum atomic E-state index is 12.3. The standard InChI is InChI=1S/C16H14N2O5/c1-23-16(20)10-8-15(19)17(9-10)13-6-7-14(18(21)22)12-5-3-2-4-11(12)13/h2-7,10H,8-9H2,1H3. The summed E-state index contributed by atoms with van der Waals surface area (Å²) in [6.07, 6.45) is 0.0813. The lowest BCUT2D eigenvalue weighted by Gasteiger charge is -2.18. The van der Waals surface area contributed by atoms with E-state index in [-0.39, 0.29) is 24.6 Å². The van der Waals surface area contributed by atoms with Crippen LogP contribution in [0.15, 0.2) is 36.4 Å². The van der Waals surface area contributed by atoms with E-state index < -0.39 is 16.8 Å². The molecule has 0 N–H and O–H groups in total. The predicted octanol–water partition coefficient (Wildman–Crippen LogP) is 2.27. The second-order valence-electron chi connectivity index (χ2n) is 5.34. The Morgan fingerprint density at radius 1 is 1.26 bits per heavy atom. The van der Waals surface area contributed by atoms with Crippen LogP contribution < -0.4 is 4.90 Å². The molecule has 1 amide bonds. The first-order valence-electron chi connectivity index (χ1n) is 7.07. The number of methoxy groups -OCH3 is 1. The summed E-state index contributed by atoms with van der Waals surface area (Å²) in [5.74, 6) is -1.13. The molecule has 23 heavy (non-hydrogen) atoms. The van der Waals surface area contributed by atoms with Crippen molar-refractivity contribution in [2.45, 2.75) is 6.42 Å². The summed E-state index contributed by atoms with van der Waals surface area (Å²) >= 11 is 0. The smallest absolute Gasteiger partial charge is 0.311 e. The zero-order valence-corrected chi connectivity index (χ0v) is 12.4. The van der Waals surface area contributed by atoms with Gasteiger partial charge in [-0.2, -0.15) is 0 Å². The van der Waals surface area contributed by atoms with Gasteiger partial charge in [-0.15, -0.1) is 0 Å². The number of rotatable bonds is 3. The molecule has 1 heterocycles. The Kier molecular flexibility index (Phi) is 3.69. The first-order chi connectivity index (χ1) is 11.0. The van der Waals surface area contributed by atoms with Crippen LogP contribution >= 0.6 is 0 Å². The minimum Gasteiger partial charge on any atom is -0.469 e. The highest BCUT2D eigenvalue weighted by Crippen LogP contribution is 2.36. The van der Waals surface area contributed by atoms with Gasteiger partial charge in [0.1, 0.15) is 0 Å². The van der Waals surface area contributed by atoms with Crippen molar-refractivity contribution >= 4 is 34.0 Å². The molecule has 1 aliphatic heterocycles. The number of nitro benzene ring substituents is 1. The second kappa shape index (κ2) is 5.68. The Morgan fingerprint density at radius 2 is 1.96 bits per heavy atom. The van der Waals surface area contributed by atoms with Crippen molar-refractivity contribution in [1.29, 1.82) is 0 Å². The molecule has 0 saturated carbocycles. The van der Waals surface area contributed by atoms with Crippen LogP contribution in [0.2, 0.25) is 0 Å². The fourth-order valence-electron chi connectivity index (χ4n) is 2.93. The molecule has 0 spiro atoms. The van der Waals surface area contributed by atoms with Crippen molar-refractivity contribution < 1.29 is 19.2 Å². The molecule has 7 nitrogen and oxygen atoms in total. The average molecular weight is 314 g/mol. The van der Waals surface area contributed by atoms with Crippen LogP contribution in [-0.4, -0.2) is 30.5 Å². The Morgan fingerprint density at radius 3 is 2.61 bits per heavy atom. The van der Waals surface area contributed by atoms with Crippen LogP contribution in [0.4, 0.5) is 11.4 Å². The van der Waals surface area contributed by atoms with Gasteiger partial charge in [0, 0.05) is 24.4 Å². The van der Waals surface area contributed by atoms with E-state index in [1.54, 1.807) is 30.3 Å². The number of carbonyl (C=O) groups excluding carboxylic acids is 2. The number of ether oxygens (including phenoxy) is 1. The predicted molar refractivity (Wildman–Crippen MR) is 83.1 cm³/mol. The summed E-state index contributed by atoms with van der Waals surface area (Å²) in [5, 5.41) is 12.2. The van der Waals surface area contributed by atoms with Gasteiger partial charge in [0.25, 0.3) is 5.69 Å². The molecule has 118 valence electrons. The second-order valence-corrected chi connectivity index (χ2v) is 5.34. The SMILES string of the molecule is COC(=O)C1CC(=O)N(c2ccc([N+](=O)[O-])c3ccccc23)C1. The van der Waals surface area contributed by atoms with E-state index >= 15 is 0 Å². The average Bonchev–Trinajstić information content (AvgIpc) is 2.94. The molecule has 1 atom stereocenters. The Balaban J connectivity index is 2.08. The van der Waals surface area contributed by atoms with E-state index in [0.29, 0.717) is 16.5 Å². The van der Waals surface area contributed by atoms with Crippen LogP contribution in [0.3, 0.4) is 0 Å². The minimum atomic E-state index is -0.513. The van der Waals surface area contributed by atoms with Gasteiger partial charge in [0.05, 0.1) is 29.0 Å². The highest BCUT2D eigenvalue weighted by Gasteiger charge is 2.36. The zero-order valence-electron chi connectivity index (χ0n) is 12.4. The molecular formula is C16H14N2O5. The maximum Gasteiger partial charge on any atom is 0.311 e. The Hall–Kier alpha value is -2.96. The number of esters is 1. The summed E-state index contributed by atoms with van der Waals surface area (Å²) < 4.78 is 4.70. The molecule has 1 unspecified atom stereocenters. The van der Waals surface area contributed by atoms with Crippen molar-refractivity contribution in [3.05, 3.63) is 46.5 Å². The van der Waals surface area contributed by atoms with E-state index in [1.807, 2.05) is 0 Å². The van der Waals surface area contributed by atoms with Crippen molar-refractivity contribution in [3.8, 4) is 0 Å². The summed E-state index contributed by atoms with van der Waals surface area (Å²) in [5.41, 5.74) is 0.558. The summed E-state index contributed by atoms with van der Waals surface area (Å²) in [6.45, 7) is 0.216. The first-order valence-corrected chi connectivity index (χ1v) is 7.07. The number of benzene rings is 2. The summed E-state index contributed by atoms with van der Waals surface area (Å²) in [7, 11) is 1.29. The van der Waals surface area contributed by atoms with Gasteiger partial charge in [-0.05, 0) is 12.1 Å². The molecule has 2 aromatic rings. The molecule has 0 radical (unpaired) electrons. The third-order valence-electron chi connectivity index (χ3n) is 4.03. The van der Waals surface area contributed by atoms with E-state index in [0.717, 1.165) is 0 Å². The quantitative estimate of drug-likeness (QED) is 0.492. The van der Waals surface area contributed by atoms with Crippen molar-refractivity contribution in [2.24, 2.45) is 5.92 Å². The van der Waals surface area contributed by atoms with Gasteiger partial charge in [0.15, 0.2) is 0 Å². The maximum absolute atomic E-state index is 12.3. The van der Waals surface area contributed by atoms with Crippen LogP contribution in [0.5, 0.6) is 0 Å². The topological polar surface area (TPSA) is 89.8 Å². The van der Waals surface area contributed by atoms with Crippen molar-refractivity contribution in [2.75, 3.05) is 18.6 Å². The van der Waals surface area contributed by atoms with E-state index in [9.17, 15) is 19.7 Å². The Labute approximate surface area is 131 Å².